The molecule has 0 bridgehead atoms. The Morgan fingerprint density at radius 2 is 2.11 bits per heavy atom. The minimum Gasteiger partial charge on any atom is -0.326 e. The van der Waals surface area contributed by atoms with Crippen LogP contribution >= 0.6 is 11.8 Å². The number of nitrogens with one attached hydrogen (secondary N) is 2. The quantitative estimate of drug-likeness (QED) is 0.745. The van der Waals surface area contributed by atoms with Gasteiger partial charge in [-0.3, -0.25) is 15.2 Å². The Hall–Kier alpha value is -1.90. The number of nitrogens with zero attached hydrogens (tertiary/aromatic N) is 4. The van der Waals surface area contributed by atoms with Gasteiger partial charge in [-0.1, -0.05) is 23.9 Å². The highest BCUT2D eigenvalue weighted by atomic mass is 32.2. The summed E-state index contributed by atoms with van der Waals surface area (Å²) in [7, 11) is 2.18. The number of amides is 1. The summed E-state index contributed by atoms with van der Waals surface area (Å²) < 4.78 is 0. The molecule has 27 heavy (non-hydrogen) atoms. The monoisotopic (exact) mass is 386 g/mol. The summed E-state index contributed by atoms with van der Waals surface area (Å²) in [6.45, 7) is 6.59. The summed E-state index contributed by atoms with van der Waals surface area (Å²) >= 11 is 1.69. The highest BCUT2D eigenvalue weighted by Crippen LogP contribution is 2.25. The van der Waals surface area contributed by atoms with Crippen LogP contribution in [0.15, 0.2) is 28.3 Å². The first-order valence-electron chi connectivity index (χ1n) is 9.51. The second-order valence-corrected chi connectivity index (χ2v) is 8.21. The maximum Gasteiger partial charge on any atom is 0.228 e. The molecule has 8 heteroatoms. The molecule has 3 aliphatic heterocycles. The van der Waals surface area contributed by atoms with Gasteiger partial charge in [0.25, 0.3) is 0 Å². The normalized spacial score (nSPS) is 22.3. The van der Waals surface area contributed by atoms with Gasteiger partial charge >= 0.3 is 0 Å². The van der Waals surface area contributed by atoms with E-state index < -0.39 is 0 Å². The molecule has 0 radical (unpaired) electrons. The second-order valence-electron chi connectivity index (χ2n) is 7.24. The van der Waals surface area contributed by atoms with Gasteiger partial charge in [0, 0.05) is 49.7 Å². The van der Waals surface area contributed by atoms with E-state index in [1.807, 2.05) is 18.2 Å². The zero-order chi connectivity index (χ0) is 18.6. The van der Waals surface area contributed by atoms with Crippen LogP contribution in [0.3, 0.4) is 0 Å². The van der Waals surface area contributed by atoms with E-state index in [9.17, 15) is 4.79 Å². The van der Waals surface area contributed by atoms with Crippen molar-refractivity contribution in [2.45, 2.75) is 12.8 Å². The molecule has 1 amide bonds. The molecule has 4 rings (SSSR count). The first kappa shape index (κ1) is 18.5. The number of thioether (sulfide) groups is 1. The number of carbonyl (C=O) groups is 1. The number of piperazine rings is 1. The third-order valence-corrected chi connectivity index (χ3v) is 6.10. The minimum atomic E-state index is 0.0613. The summed E-state index contributed by atoms with van der Waals surface area (Å²) in [5.74, 6) is 0.850. The van der Waals surface area contributed by atoms with Crippen molar-refractivity contribution in [2.24, 2.45) is 10.1 Å². The van der Waals surface area contributed by atoms with Gasteiger partial charge < -0.3 is 15.1 Å². The highest BCUT2D eigenvalue weighted by Gasteiger charge is 2.20. The van der Waals surface area contributed by atoms with Crippen molar-refractivity contribution in [3.63, 3.8) is 0 Å². The first-order valence-corrected chi connectivity index (χ1v) is 10.5. The molecule has 1 fully saturated rings. The van der Waals surface area contributed by atoms with Crippen LogP contribution in [0.25, 0.3) is 0 Å². The van der Waals surface area contributed by atoms with Gasteiger partial charge in [0.2, 0.25) is 5.91 Å². The van der Waals surface area contributed by atoms with Crippen molar-refractivity contribution in [2.75, 3.05) is 57.4 Å². The molecule has 1 aromatic carbocycles. The predicted molar refractivity (Wildman–Crippen MR) is 112 cm³/mol. The number of fused-ring (bicyclic) bond motifs is 1. The van der Waals surface area contributed by atoms with Gasteiger partial charge in [0.1, 0.15) is 0 Å². The number of hydrogen-bond donors (Lipinski definition) is 2. The Morgan fingerprint density at radius 1 is 1.26 bits per heavy atom. The smallest absolute Gasteiger partial charge is 0.228 e. The van der Waals surface area contributed by atoms with E-state index in [4.69, 9.17) is 0 Å². The van der Waals surface area contributed by atoms with E-state index >= 15 is 0 Å². The van der Waals surface area contributed by atoms with Gasteiger partial charge in [-0.2, -0.15) is 5.10 Å². The Bertz CT molecular complexity index is 769. The third kappa shape index (κ3) is 4.69. The molecule has 0 unspecified atom stereocenters. The lowest BCUT2D eigenvalue weighted by Crippen LogP contribution is -2.44. The second kappa shape index (κ2) is 8.41. The fourth-order valence-electron chi connectivity index (χ4n) is 3.49. The Kier molecular flexibility index (Phi) is 5.75. The number of hydrazone groups is 1. The summed E-state index contributed by atoms with van der Waals surface area (Å²) in [6, 6.07) is 6.07. The number of aliphatic imine (C=N–C) groups is 1. The van der Waals surface area contributed by atoms with Crippen LogP contribution in [0.5, 0.6) is 0 Å². The Labute approximate surface area is 164 Å². The van der Waals surface area contributed by atoms with E-state index in [2.05, 4.69) is 37.7 Å². The molecule has 144 valence electrons. The van der Waals surface area contributed by atoms with E-state index in [0.717, 1.165) is 79.1 Å². The number of carbonyl (C=O) groups excluding carboxylic acids is 1. The summed E-state index contributed by atoms with van der Waals surface area (Å²) in [5, 5.41) is 8.28. The van der Waals surface area contributed by atoms with E-state index in [1.54, 1.807) is 11.8 Å². The van der Waals surface area contributed by atoms with E-state index in [-0.39, 0.29) is 5.91 Å². The molecule has 3 heterocycles. The average Bonchev–Trinajstić information content (AvgIpc) is 3.06. The molecule has 3 aliphatic rings. The lowest BCUT2D eigenvalue weighted by atomic mass is 10.1. The standard InChI is InChI=1S/C19H26N6OS/c1-24-7-9-25(10-8-24)6-2-5-20-19-23-22-17(13-27-19)14-3-4-15-12-18(26)21-16(15)11-14/h3-4,11H,2,5-10,12-13H2,1H3,(H,20,23)(H,21,26). The highest BCUT2D eigenvalue weighted by molar-refractivity contribution is 8.14. The number of likely N-dealkylation sites (N-methyl/N-ethyl adjacent to an activating group) is 1. The van der Waals surface area contributed by atoms with Gasteiger partial charge in [0.15, 0.2) is 5.17 Å². The van der Waals surface area contributed by atoms with Crippen LogP contribution < -0.4 is 10.7 Å². The van der Waals surface area contributed by atoms with E-state index in [1.165, 1.54) is 0 Å². The largest absolute Gasteiger partial charge is 0.326 e. The molecule has 2 N–H and O–H groups in total. The number of rotatable bonds is 5. The molecule has 1 aromatic rings. The Morgan fingerprint density at radius 3 is 2.89 bits per heavy atom. The zero-order valence-electron chi connectivity index (χ0n) is 15.7. The van der Waals surface area contributed by atoms with Crippen LogP contribution in [0, 0.1) is 0 Å². The van der Waals surface area contributed by atoms with Gasteiger partial charge in [-0.15, -0.1) is 0 Å². The summed E-state index contributed by atoms with van der Waals surface area (Å²) in [4.78, 5) is 21.0. The molecule has 1 saturated heterocycles. The summed E-state index contributed by atoms with van der Waals surface area (Å²) in [5.41, 5.74) is 7.08. The maximum atomic E-state index is 11.5. The van der Waals surface area contributed by atoms with Crippen LogP contribution in [-0.4, -0.2) is 78.7 Å². The molecule has 0 spiro atoms. The summed E-state index contributed by atoms with van der Waals surface area (Å²) in [6.07, 6.45) is 1.55. The van der Waals surface area contributed by atoms with Crippen LogP contribution in [0.4, 0.5) is 5.69 Å². The minimum absolute atomic E-state index is 0.0613. The van der Waals surface area contributed by atoms with Crippen molar-refractivity contribution < 1.29 is 4.79 Å². The fraction of sp³-hybridized carbons (Fsp3) is 0.526. The molecule has 0 saturated carbocycles. The molecule has 7 nitrogen and oxygen atoms in total. The van der Waals surface area contributed by atoms with Gasteiger partial charge in [-0.25, -0.2) is 0 Å². The molecule has 0 atom stereocenters. The van der Waals surface area contributed by atoms with Crippen molar-refractivity contribution >= 4 is 34.2 Å². The predicted octanol–water partition coefficient (Wildman–Crippen LogP) is 1.22. The SMILES string of the molecule is CN1CCN(CCCN=C2NN=C(c3ccc4c(c3)NC(=O)C4)CS2)CC1. The van der Waals surface area contributed by atoms with Gasteiger partial charge in [0.05, 0.1) is 12.1 Å². The lowest BCUT2D eigenvalue weighted by molar-refractivity contribution is -0.115. The third-order valence-electron chi connectivity index (χ3n) is 5.18. The Balaban J connectivity index is 1.25. The van der Waals surface area contributed by atoms with Gasteiger partial charge in [-0.05, 0) is 31.6 Å². The number of anilines is 1. The van der Waals surface area contributed by atoms with Crippen molar-refractivity contribution in [3.05, 3.63) is 29.3 Å². The number of hydrogen-bond acceptors (Lipinski definition) is 6. The van der Waals surface area contributed by atoms with Crippen LogP contribution in [0.1, 0.15) is 17.5 Å². The topological polar surface area (TPSA) is 72.3 Å². The van der Waals surface area contributed by atoms with E-state index in [0.29, 0.717) is 6.42 Å². The molecule has 0 aromatic heterocycles. The van der Waals surface area contributed by atoms with Crippen LogP contribution in [0.2, 0.25) is 0 Å². The number of benzene rings is 1. The average molecular weight is 387 g/mol. The zero-order valence-corrected chi connectivity index (χ0v) is 16.5. The molecule has 0 aliphatic carbocycles. The lowest BCUT2D eigenvalue weighted by Gasteiger charge is -2.32. The fourth-order valence-corrected chi connectivity index (χ4v) is 4.28. The number of amidine groups is 1. The first-order chi connectivity index (χ1) is 13.2. The van der Waals surface area contributed by atoms with Crippen molar-refractivity contribution in [3.8, 4) is 0 Å². The van der Waals surface area contributed by atoms with Crippen LogP contribution in [-0.2, 0) is 11.2 Å². The molecular weight excluding hydrogens is 360 g/mol. The molecular formula is C19H26N6OS. The van der Waals surface area contributed by atoms with Crippen molar-refractivity contribution in [1.82, 2.24) is 15.2 Å². The maximum absolute atomic E-state index is 11.5. The van der Waals surface area contributed by atoms with Crippen molar-refractivity contribution in [1.29, 1.82) is 0 Å².